The van der Waals surface area contributed by atoms with Crippen molar-refractivity contribution in [2.45, 2.75) is 45.3 Å². The predicted octanol–water partition coefficient (Wildman–Crippen LogP) is 1.16. The number of rotatable bonds is 5. The van der Waals surface area contributed by atoms with E-state index in [1.165, 1.54) is 32.4 Å². The minimum absolute atomic E-state index is 0.405. The summed E-state index contributed by atoms with van der Waals surface area (Å²) in [4.78, 5) is 5.12. The molecule has 4 nitrogen and oxygen atoms in total. The standard InChI is InChI=1S/C15H31N3O/c1-13(2)18-9-10-19-15(12-18)11-17-7-4-14(3-6-16)5-8-17/h13-15H,3-12,16H2,1-2H3. The van der Waals surface area contributed by atoms with Gasteiger partial charge in [-0.15, -0.1) is 0 Å². The van der Waals surface area contributed by atoms with Crippen LogP contribution in [0, 0.1) is 5.92 Å². The van der Waals surface area contributed by atoms with Gasteiger partial charge in [0.15, 0.2) is 0 Å². The molecule has 0 amide bonds. The van der Waals surface area contributed by atoms with Gasteiger partial charge in [0, 0.05) is 25.7 Å². The SMILES string of the molecule is CC(C)N1CCOC(CN2CCC(CCN)CC2)C1. The van der Waals surface area contributed by atoms with Crippen LogP contribution in [0.2, 0.25) is 0 Å². The first-order chi connectivity index (χ1) is 9.19. The van der Waals surface area contributed by atoms with Gasteiger partial charge >= 0.3 is 0 Å². The lowest BCUT2D eigenvalue weighted by atomic mass is 9.93. The van der Waals surface area contributed by atoms with Crippen LogP contribution in [0.25, 0.3) is 0 Å². The van der Waals surface area contributed by atoms with E-state index in [-0.39, 0.29) is 0 Å². The Balaban J connectivity index is 1.70. The normalized spacial score (nSPS) is 28.1. The minimum Gasteiger partial charge on any atom is -0.374 e. The number of ether oxygens (including phenoxy) is 1. The second kappa shape index (κ2) is 7.58. The maximum atomic E-state index is 5.93. The molecule has 0 aliphatic carbocycles. The highest BCUT2D eigenvalue weighted by atomic mass is 16.5. The van der Waals surface area contributed by atoms with Gasteiger partial charge in [-0.2, -0.15) is 0 Å². The van der Waals surface area contributed by atoms with Crippen LogP contribution >= 0.6 is 0 Å². The summed E-state index contributed by atoms with van der Waals surface area (Å²) in [5, 5.41) is 0. The fourth-order valence-corrected chi connectivity index (χ4v) is 3.30. The lowest BCUT2D eigenvalue weighted by Gasteiger charge is -2.39. The van der Waals surface area contributed by atoms with Crippen molar-refractivity contribution >= 4 is 0 Å². The van der Waals surface area contributed by atoms with Crippen molar-refractivity contribution in [3.05, 3.63) is 0 Å². The maximum absolute atomic E-state index is 5.93. The van der Waals surface area contributed by atoms with Crippen LogP contribution < -0.4 is 5.73 Å². The van der Waals surface area contributed by atoms with Gasteiger partial charge in [0.25, 0.3) is 0 Å². The molecular weight excluding hydrogens is 238 g/mol. The molecule has 2 aliphatic rings. The molecule has 2 rings (SSSR count). The van der Waals surface area contributed by atoms with E-state index in [1.54, 1.807) is 0 Å². The molecule has 0 aromatic rings. The molecule has 2 saturated heterocycles. The molecule has 1 unspecified atom stereocenters. The zero-order valence-electron chi connectivity index (χ0n) is 12.7. The van der Waals surface area contributed by atoms with Gasteiger partial charge in [-0.3, -0.25) is 4.90 Å². The zero-order valence-corrected chi connectivity index (χ0v) is 12.7. The quantitative estimate of drug-likeness (QED) is 0.813. The third-order valence-electron chi connectivity index (χ3n) is 4.64. The Bertz CT molecular complexity index is 252. The fourth-order valence-electron chi connectivity index (χ4n) is 3.30. The highest BCUT2D eigenvalue weighted by Gasteiger charge is 2.26. The number of nitrogens with two attached hydrogens (primary N) is 1. The lowest BCUT2D eigenvalue weighted by Crippen LogP contribution is -2.50. The molecule has 0 spiro atoms. The molecule has 1 atom stereocenters. The Hall–Kier alpha value is -0.160. The molecule has 0 aromatic carbocycles. The molecule has 0 bridgehead atoms. The van der Waals surface area contributed by atoms with Gasteiger partial charge in [0.2, 0.25) is 0 Å². The van der Waals surface area contributed by atoms with Crippen LogP contribution in [0.3, 0.4) is 0 Å². The molecule has 112 valence electrons. The van der Waals surface area contributed by atoms with Crippen LogP contribution in [-0.2, 0) is 4.74 Å². The summed E-state index contributed by atoms with van der Waals surface area (Å²) in [5.74, 6) is 0.862. The van der Waals surface area contributed by atoms with Gasteiger partial charge in [0.05, 0.1) is 12.7 Å². The highest BCUT2D eigenvalue weighted by Crippen LogP contribution is 2.20. The Kier molecular flexibility index (Phi) is 6.07. The molecule has 0 saturated carbocycles. The van der Waals surface area contributed by atoms with Crippen LogP contribution in [0.4, 0.5) is 0 Å². The van der Waals surface area contributed by atoms with Crippen molar-refractivity contribution in [3.63, 3.8) is 0 Å². The summed E-state index contributed by atoms with van der Waals surface area (Å²) in [6, 6.07) is 0.640. The average Bonchev–Trinajstić information content (AvgIpc) is 2.42. The van der Waals surface area contributed by atoms with E-state index in [0.29, 0.717) is 12.1 Å². The van der Waals surface area contributed by atoms with Crippen molar-refractivity contribution < 1.29 is 4.74 Å². The van der Waals surface area contributed by atoms with Crippen LogP contribution in [-0.4, -0.2) is 67.8 Å². The number of likely N-dealkylation sites (tertiary alicyclic amines) is 1. The summed E-state index contributed by atoms with van der Waals surface area (Å²) in [6.45, 7) is 12.1. The number of morpholine rings is 1. The van der Waals surface area contributed by atoms with Gasteiger partial charge in [0.1, 0.15) is 0 Å². The molecule has 2 N–H and O–H groups in total. The first-order valence-corrected chi connectivity index (χ1v) is 7.97. The number of nitrogens with zero attached hydrogens (tertiary/aromatic N) is 2. The summed E-state index contributed by atoms with van der Waals surface area (Å²) < 4.78 is 5.93. The zero-order chi connectivity index (χ0) is 13.7. The largest absolute Gasteiger partial charge is 0.374 e. The first-order valence-electron chi connectivity index (χ1n) is 7.97. The predicted molar refractivity (Wildman–Crippen MR) is 79.3 cm³/mol. The van der Waals surface area contributed by atoms with Gasteiger partial charge in [-0.05, 0) is 58.7 Å². The fraction of sp³-hybridized carbons (Fsp3) is 1.00. The van der Waals surface area contributed by atoms with Gasteiger partial charge in [-0.25, -0.2) is 0 Å². The number of piperidine rings is 1. The van der Waals surface area contributed by atoms with Crippen molar-refractivity contribution in [1.29, 1.82) is 0 Å². The Morgan fingerprint density at radius 1 is 1.21 bits per heavy atom. The van der Waals surface area contributed by atoms with Crippen molar-refractivity contribution in [2.24, 2.45) is 11.7 Å². The van der Waals surface area contributed by atoms with E-state index in [9.17, 15) is 0 Å². The van der Waals surface area contributed by atoms with Crippen molar-refractivity contribution in [1.82, 2.24) is 9.80 Å². The number of hydrogen-bond acceptors (Lipinski definition) is 4. The van der Waals surface area contributed by atoms with Crippen LogP contribution in [0.1, 0.15) is 33.1 Å². The minimum atomic E-state index is 0.405. The third-order valence-corrected chi connectivity index (χ3v) is 4.64. The highest BCUT2D eigenvalue weighted by molar-refractivity contribution is 4.79. The van der Waals surface area contributed by atoms with E-state index in [0.717, 1.165) is 38.7 Å². The van der Waals surface area contributed by atoms with Crippen LogP contribution in [0.15, 0.2) is 0 Å². The molecule has 4 heteroatoms. The summed E-state index contributed by atoms with van der Waals surface area (Å²) >= 11 is 0. The molecule has 0 aromatic heterocycles. The molecule has 2 fully saturated rings. The monoisotopic (exact) mass is 269 g/mol. The second-order valence-electron chi connectivity index (χ2n) is 6.40. The van der Waals surface area contributed by atoms with Crippen LogP contribution in [0.5, 0.6) is 0 Å². The summed E-state index contributed by atoms with van der Waals surface area (Å²) in [6.07, 6.45) is 4.24. The first kappa shape index (κ1) is 15.2. The summed E-state index contributed by atoms with van der Waals surface area (Å²) in [5.41, 5.74) is 5.65. The van der Waals surface area contributed by atoms with Gasteiger partial charge in [-0.1, -0.05) is 0 Å². The second-order valence-corrected chi connectivity index (χ2v) is 6.40. The Morgan fingerprint density at radius 2 is 1.95 bits per heavy atom. The van der Waals surface area contributed by atoms with Gasteiger partial charge < -0.3 is 15.4 Å². The topological polar surface area (TPSA) is 41.7 Å². The van der Waals surface area contributed by atoms with Crippen molar-refractivity contribution in [3.8, 4) is 0 Å². The molecule has 19 heavy (non-hydrogen) atoms. The Morgan fingerprint density at radius 3 is 2.58 bits per heavy atom. The van der Waals surface area contributed by atoms with E-state index < -0.39 is 0 Å². The maximum Gasteiger partial charge on any atom is 0.0829 e. The lowest BCUT2D eigenvalue weighted by molar-refractivity contribution is -0.0551. The third kappa shape index (κ3) is 4.71. The summed E-state index contributed by atoms with van der Waals surface area (Å²) in [7, 11) is 0. The van der Waals surface area contributed by atoms with E-state index >= 15 is 0 Å². The molecule has 2 heterocycles. The molecular formula is C15H31N3O. The molecule has 2 aliphatic heterocycles. The van der Waals surface area contributed by atoms with Crippen molar-refractivity contribution in [2.75, 3.05) is 45.9 Å². The van der Waals surface area contributed by atoms with E-state index in [1.807, 2.05) is 0 Å². The molecule has 0 radical (unpaired) electrons. The smallest absolute Gasteiger partial charge is 0.0829 e. The van der Waals surface area contributed by atoms with E-state index in [4.69, 9.17) is 10.5 Å². The average molecular weight is 269 g/mol. The Labute approximate surface area is 118 Å². The number of hydrogen-bond donors (Lipinski definition) is 1. The van der Waals surface area contributed by atoms with E-state index in [2.05, 4.69) is 23.6 Å².